The van der Waals surface area contributed by atoms with Crippen molar-refractivity contribution in [3.63, 3.8) is 0 Å². The molecule has 92 valence electrons. The van der Waals surface area contributed by atoms with Crippen LogP contribution in [0.2, 0.25) is 0 Å². The Hall–Kier alpha value is -0.570. The van der Waals surface area contributed by atoms with E-state index in [0.29, 0.717) is 17.3 Å². The Morgan fingerprint density at radius 2 is 2.12 bits per heavy atom. The van der Waals surface area contributed by atoms with Gasteiger partial charge in [-0.2, -0.15) is 0 Å². The first-order valence-electron chi connectivity index (χ1n) is 6.53. The van der Waals surface area contributed by atoms with E-state index < -0.39 is 0 Å². The van der Waals surface area contributed by atoms with Crippen molar-refractivity contribution in [1.82, 2.24) is 10.6 Å². The lowest BCUT2D eigenvalue weighted by molar-refractivity contribution is -0.125. The van der Waals surface area contributed by atoms with Gasteiger partial charge in [-0.1, -0.05) is 20.8 Å². The maximum atomic E-state index is 12.0. The normalized spacial score (nSPS) is 31.8. The largest absolute Gasteiger partial charge is 0.355 e. The topological polar surface area (TPSA) is 41.1 Å². The van der Waals surface area contributed by atoms with Crippen molar-refractivity contribution in [2.75, 3.05) is 19.6 Å². The fraction of sp³-hybridized carbons (Fsp3) is 0.923. The van der Waals surface area contributed by atoms with E-state index >= 15 is 0 Å². The molecule has 2 aliphatic rings. The van der Waals surface area contributed by atoms with Crippen molar-refractivity contribution in [3.05, 3.63) is 0 Å². The fourth-order valence-electron chi connectivity index (χ4n) is 2.67. The Morgan fingerprint density at radius 1 is 1.44 bits per heavy atom. The highest BCUT2D eigenvalue weighted by Crippen LogP contribution is 2.51. The molecule has 0 spiro atoms. The van der Waals surface area contributed by atoms with Gasteiger partial charge in [-0.15, -0.1) is 0 Å². The Labute approximate surface area is 98.4 Å². The van der Waals surface area contributed by atoms with Crippen molar-refractivity contribution in [3.8, 4) is 0 Å². The first-order valence-corrected chi connectivity index (χ1v) is 6.53. The minimum Gasteiger partial charge on any atom is -0.355 e. The minimum atomic E-state index is 0.183. The van der Waals surface area contributed by atoms with Crippen LogP contribution in [-0.2, 0) is 4.79 Å². The van der Waals surface area contributed by atoms with Crippen LogP contribution in [0.15, 0.2) is 0 Å². The number of rotatable bonds is 4. The van der Waals surface area contributed by atoms with Crippen molar-refractivity contribution in [2.45, 2.75) is 33.6 Å². The van der Waals surface area contributed by atoms with Gasteiger partial charge in [-0.25, -0.2) is 0 Å². The maximum absolute atomic E-state index is 12.0. The molecular formula is C13H24N2O. The molecule has 0 radical (unpaired) electrons. The number of hydrogen-bond acceptors (Lipinski definition) is 2. The summed E-state index contributed by atoms with van der Waals surface area (Å²) in [5.41, 5.74) is 0.422. The van der Waals surface area contributed by atoms with Gasteiger partial charge in [-0.3, -0.25) is 4.79 Å². The molecule has 3 heteroatoms. The maximum Gasteiger partial charge on any atom is 0.224 e. The van der Waals surface area contributed by atoms with E-state index in [0.717, 1.165) is 19.6 Å². The summed E-state index contributed by atoms with van der Waals surface area (Å²) in [7, 11) is 0. The van der Waals surface area contributed by atoms with Crippen LogP contribution in [0.25, 0.3) is 0 Å². The second-order valence-corrected chi connectivity index (χ2v) is 5.98. The van der Waals surface area contributed by atoms with Crippen molar-refractivity contribution in [2.24, 2.45) is 23.2 Å². The Morgan fingerprint density at radius 3 is 2.56 bits per heavy atom. The van der Waals surface area contributed by atoms with E-state index in [9.17, 15) is 4.79 Å². The van der Waals surface area contributed by atoms with Crippen LogP contribution in [-0.4, -0.2) is 25.5 Å². The Bertz CT molecular complexity index is 271. The van der Waals surface area contributed by atoms with Gasteiger partial charge < -0.3 is 10.6 Å². The van der Waals surface area contributed by atoms with E-state index in [1.807, 2.05) is 0 Å². The lowest BCUT2D eigenvalue weighted by Gasteiger charge is -2.22. The van der Waals surface area contributed by atoms with Crippen LogP contribution in [0.4, 0.5) is 0 Å². The van der Waals surface area contributed by atoms with Gasteiger partial charge in [-0.05, 0) is 36.6 Å². The third kappa shape index (κ3) is 2.24. The Balaban J connectivity index is 1.80. The van der Waals surface area contributed by atoms with Gasteiger partial charge in [0.15, 0.2) is 0 Å². The number of nitrogens with one attached hydrogen (secondary N) is 2. The van der Waals surface area contributed by atoms with Gasteiger partial charge in [0.05, 0.1) is 5.92 Å². The molecule has 1 saturated carbocycles. The van der Waals surface area contributed by atoms with Gasteiger partial charge in [0.25, 0.3) is 0 Å². The standard InChI is InChI=1S/C13H24N2O/c1-9(2)13(4-5-13)8-15-12(16)11-7-14-6-10(11)3/h9-11,14H,4-8H2,1-3H3,(H,15,16). The molecule has 0 aromatic rings. The van der Waals surface area contributed by atoms with E-state index in [1.165, 1.54) is 12.8 Å². The molecule has 2 N–H and O–H groups in total. The number of hydrogen-bond donors (Lipinski definition) is 2. The molecule has 3 nitrogen and oxygen atoms in total. The van der Waals surface area contributed by atoms with Crippen LogP contribution in [0.5, 0.6) is 0 Å². The second-order valence-electron chi connectivity index (χ2n) is 5.98. The van der Waals surface area contributed by atoms with Gasteiger partial charge in [0.1, 0.15) is 0 Å². The molecule has 1 heterocycles. The molecule has 0 aromatic heterocycles. The lowest BCUT2D eigenvalue weighted by Crippen LogP contribution is -2.38. The summed E-state index contributed by atoms with van der Waals surface area (Å²) in [4.78, 5) is 12.0. The number of carbonyl (C=O) groups excluding carboxylic acids is 1. The van der Waals surface area contributed by atoms with Gasteiger partial charge >= 0.3 is 0 Å². The summed E-state index contributed by atoms with van der Waals surface area (Å²) in [6.07, 6.45) is 2.56. The third-order valence-electron chi connectivity index (χ3n) is 4.59. The second kappa shape index (κ2) is 4.36. The van der Waals surface area contributed by atoms with E-state index in [4.69, 9.17) is 0 Å². The summed E-state index contributed by atoms with van der Waals surface area (Å²) >= 11 is 0. The van der Waals surface area contributed by atoms with Gasteiger partial charge in [0.2, 0.25) is 5.91 Å². The quantitative estimate of drug-likeness (QED) is 0.758. The van der Waals surface area contributed by atoms with Crippen molar-refractivity contribution in [1.29, 1.82) is 0 Å². The summed E-state index contributed by atoms with van der Waals surface area (Å²) in [5.74, 6) is 1.61. The highest BCUT2D eigenvalue weighted by Gasteiger charge is 2.45. The fourth-order valence-corrected chi connectivity index (χ4v) is 2.67. The molecule has 1 amide bonds. The molecule has 0 aromatic carbocycles. The van der Waals surface area contributed by atoms with E-state index in [2.05, 4.69) is 31.4 Å². The molecule has 1 saturated heterocycles. The summed E-state index contributed by atoms with van der Waals surface area (Å²) in [6.45, 7) is 9.39. The molecular weight excluding hydrogens is 200 g/mol. The predicted octanol–water partition coefficient (Wildman–Crippen LogP) is 1.39. The highest BCUT2D eigenvalue weighted by molar-refractivity contribution is 5.79. The molecule has 2 atom stereocenters. The molecule has 16 heavy (non-hydrogen) atoms. The molecule has 1 aliphatic carbocycles. The summed E-state index contributed by atoms with van der Waals surface area (Å²) in [5, 5.41) is 6.44. The molecule has 0 bridgehead atoms. The monoisotopic (exact) mass is 224 g/mol. The zero-order chi connectivity index (χ0) is 11.8. The van der Waals surface area contributed by atoms with Crippen LogP contribution in [0, 0.1) is 23.2 Å². The smallest absolute Gasteiger partial charge is 0.224 e. The van der Waals surface area contributed by atoms with Crippen LogP contribution in [0.1, 0.15) is 33.6 Å². The zero-order valence-electron chi connectivity index (χ0n) is 10.7. The van der Waals surface area contributed by atoms with Crippen LogP contribution in [0.3, 0.4) is 0 Å². The first-order chi connectivity index (χ1) is 7.55. The van der Waals surface area contributed by atoms with Crippen LogP contribution >= 0.6 is 0 Å². The van der Waals surface area contributed by atoms with Crippen molar-refractivity contribution >= 4 is 5.91 Å². The van der Waals surface area contributed by atoms with E-state index in [1.54, 1.807) is 0 Å². The number of carbonyl (C=O) groups is 1. The SMILES string of the molecule is CC1CNCC1C(=O)NCC1(C(C)C)CC1. The van der Waals surface area contributed by atoms with Gasteiger partial charge in [0, 0.05) is 13.1 Å². The van der Waals surface area contributed by atoms with E-state index in [-0.39, 0.29) is 11.8 Å². The summed E-state index contributed by atoms with van der Waals surface area (Å²) in [6, 6.07) is 0. The van der Waals surface area contributed by atoms with Crippen LogP contribution < -0.4 is 10.6 Å². The predicted molar refractivity (Wildman–Crippen MR) is 65.0 cm³/mol. The molecule has 1 aliphatic heterocycles. The third-order valence-corrected chi connectivity index (χ3v) is 4.59. The molecule has 2 rings (SSSR count). The first kappa shape index (κ1) is 11.9. The lowest BCUT2D eigenvalue weighted by atomic mass is 9.91. The summed E-state index contributed by atoms with van der Waals surface area (Å²) < 4.78 is 0. The minimum absolute atomic E-state index is 0.183. The average molecular weight is 224 g/mol. The number of amides is 1. The zero-order valence-corrected chi connectivity index (χ0v) is 10.7. The average Bonchev–Trinajstić information content (AvgIpc) is 2.92. The molecule has 2 unspecified atom stereocenters. The Kier molecular flexibility index (Phi) is 3.24. The van der Waals surface area contributed by atoms with Crippen molar-refractivity contribution < 1.29 is 4.79 Å². The molecule has 2 fully saturated rings. The highest BCUT2D eigenvalue weighted by atomic mass is 16.1.